The Balaban J connectivity index is 1.95. The van der Waals surface area contributed by atoms with Crippen molar-refractivity contribution in [2.24, 2.45) is 0 Å². The van der Waals surface area contributed by atoms with Crippen LogP contribution in [-0.2, 0) is 0 Å². The van der Waals surface area contributed by atoms with Gasteiger partial charge in [-0.15, -0.1) is 0 Å². The topological polar surface area (TPSA) is 37.6 Å². The number of aromatic nitrogens is 2. The second-order valence-corrected chi connectivity index (χ2v) is 4.77. The van der Waals surface area contributed by atoms with Crippen LogP contribution in [0.4, 0.5) is 5.69 Å². The molecule has 2 aromatic heterocycles. The molecule has 2 heterocycles. The molecule has 0 radical (unpaired) electrons. The van der Waals surface area contributed by atoms with E-state index in [4.69, 9.17) is 0 Å². The fourth-order valence-electron chi connectivity index (χ4n) is 2.21. The fraction of sp³-hybridized carbons (Fsp3) is 0.125. The molecule has 3 rings (SSSR count). The van der Waals surface area contributed by atoms with Crippen LogP contribution in [-0.4, -0.2) is 22.3 Å². The molecule has 0 aliphatic heterocycles. The van der Waals surface area contributed by atoms with Gasteiger partial charge in [0.1, 0.15) is 5.65 Å². The molecule has 0 aliphatic carbocycles. The number of hydrogen-bond donors (Lipinski definition) is 0. The van der Waals surface area contributed by atoms with Crippen molar-refractivity contribution in [2.75, 3.05) is 11.9 Å². The van der Waals surface area contributed by atoms with Gasteiger partial charge in [0.15, 0.2) is 0 Å². The highest BCUT2D eigenvalue weighted by molar-refractivity contribution is 6.05. The number of anilines is 1. The molecule has 0 aliphatic rings. The molecule has 4 nitrogen and oxygen atoms in total. The molecule has 20 heavy (non-hydrogen) atoms. The Morgan fingerprint density at radius 2 is 1.85 bits per heavy atom. The second-order valence-electron chi connectivity index (χ2n) is 4.77. The highest BCUT2D eigenvalue weighted by Gasteiger charge is 2.14. The van der Waals surface area contributed by atoms with Gasteiger partial charge < -0.3 is 9.30 Å². The first-order valence-corrected chi connectivity index (χ1v) is 6.43. The monoisotopic (exact) mass is 265 g/mol. The lowest BCUT2D eigenvalue weighted by Crippen LogP contribution is -2.26. The molecule has 1 aromatic carbocycles. The number of carbonyl (C=O) groups excluding carboxylic acids is 1. The predicted molar refractivity (Wildman–Crippen MR) is 79.1 cm³/mol. The smallest absolute Gasteiger partial charge is 0.259 e. The van der Waals surface area contributed by atoms with Crippen molar-refractivity contribution in [3.63, 3.8) is 0 Å². The van der Waals surface area contributed by atoms with E-state index >= 15 is 0 Å². The van der Waals surface area contributed by atoms with E-state index in [9.17, 15) is 4.79 Å². The molecular formula is C16H15N3O. The highest BCUT2D eigenvalue weighted by atomic mass is 16.2. The summed E-state index contributed by atoms with van der Waals surface area (Å²) in [5.41, 5.74) is 3.30. The van der Waals surface area contributed by atoms with Crippen molar-refractivity contribution < 1.29 is 4.79 Å². The summed E-state index contributed by atoms with van der Waals surface area (Å²) in [7, 11) is 1.78. The standard InChI is InChI=1S/C16H15N3O/c1-12-10-19-11-13(8-9-15(19)17-12)16(20)18(2)14-6-4-3-5-7-14/h3-11H,1-2H3. The number of rotatable bonds is 2. The first-order chi connectivity index (χ1) is 9.65. The number of amides is 1. The van der Waals surface area contributed by atoms with Crippen molar-refractivity contribution in [2.45, 2.75) is 6.92 Å². The molecule has 0 saturated carbocycles. The number of imidazole rings is 1. The molecule has 3 aromatic rings. The maximum absolute atomic E-state index is 12.5. The van der Waals surface area contributed by atoms with Crippen LogP contribution in [0.25, 0.3) is 5.65 Å². The summed E-state index contributed by atoms with van der Waals surface area (Å²) in [5.74, 6) is -0.0375. The van der Waals surface area contributed by atoms with Crippen LogP contribution < -0.4 is 4.90 Å². The Hall–Kier alpha value is -2.62. The van der Waals surface area contributed by atoms with Crippen LogP contribution in [0.1, 0.15) is 16.1 Å². The normalized spacial score (nSPS) is 10.7. The summed E-state index contributed by atoms with van der Waals surface area (Å²) >= 11 is 0. The van der Waals surface area contributed by atoms with Crippen LogP contribution in [0.2, 0.25) is 0 Å². The Kier molecular flexibility index (Phi) is 2.99. The number of pyridine rings is 1. The second kappa shape index (κ2) is 4.81. The Labute approximate surface area is 117 Å². The summed E-state index contributed by atoms with van der Waals surface area (Å²) in [6.45, 7) is 1.94. The van der Waals surface area contributed by atoms with Crippen molar-refractivity contribution in [1.29, 1.82) is 0 Å². The first kappa shape index (κ1) is 12.4. The summed E-state index contributed by atoms with van der Waals surface area (Å²) in [5, 5.41) is 0. The zero-order chi connectivity index (χ0) is 14.1. The Morgan fingerprint density at radius 1 is 1.10 bits per heavy atom. The van der Waals surface area contributed by atoms with Gasteiger partial charge >= 0.3 is 0 Å². The third-order valence-electron chi connectivity index (χ3n) is 3.27. The van der Waals surface area contributed by atoms with Crippen LogP contribution >= 0.6 is 0 Å². The average Bonchev–Trinajstić information content (AvgIpc) is 2.85. The van der Waals surface area contributed by atoms with E-state index in [-0.39, 0.29) is 5.91 Å². The molecule has 0 unspecified atom stereocenters. The van der Waals surface area contributed by atoms with Gasteiger partial charge in [-0.3, -0.25) is 4.79 Å². The van der Waals surface area contributed by atoms with Gasteiger partial charge in [-0.2, -0.15) is 0 Å². The van der Waals surface area contributed by atoms with Crippen molar-refractivity contribution >= 4 is 17.2 Å². The van der Waals surface area contributed by atoms with Gasteiger partial charge in [-0.05, 0) is 31.2 Å². The molecule has 0 atom stereocenters. The van der Waals surface area contributed by atoms with E-state index in [1.54, 1.807) is 11.9 Å². The number of aryl methyl sites for hydroxylation is 1. The third-order valence-corrected chi connectivity index (χ3v) is 3.27. The highest BCUT2D eigenvalue weighted by Crippen LogP contribution is 2.15. The number of benzene rings is 1. The summed E-state index contributed by atoms with van der Waals surface area (Å²) in [6, 6.07) is 13.3. The van der Waals surface area contributed by atoms with Gasteiger partial charge in [-0.25, -0.2) is 4.98 Å². The minimum atomic E-state index is -0.0375. The molecule has 0 fully saturated rings. The lowest BCUT2D eigenvalue weighted by molar-refractivity contribution is 0.0992. The van der Waals surface area contributed by atoms with E-state index in [1.165, 1.54) is 0 Å². The number of hydrogen-bond acceptors (Lipinski definition) is 2. The quantitative estimate of drug-likeness (QED) is 0.714. The van der Waals surface area contributed by atoms with Gasteiger partial charge in [0.2, 0.25) is 0 Å². The lowest BCUT2D eigenvalue weighted by Gasteiger charge is -2.17. The molecule has 100 valence electrons. The van der Waals surface area contributed by atoms with Crippen molar-refractivity contribution in [3.05, 3.63) is 66.1 Å². The van der Waals surface area contributed by atoms with Crippen LogP contribution in [0.15, 0.2) is 54.9 Å². The lowest BCUT2D eigenvalue weighted by atomic mass is 10.2. The number of carbonyl (C=O) groups is 1. The first-order valence-electron chi connectivity index (χ1n) is 6.43. The van der Waals surface area contributed by atoms with Gasteiger partial charge in [0, 0.05) is 25.1 Å². The summed E-state index contributed by atoms with van der Waals surface area (Å²) in [6.07, 6.45) is 3.73. The largest absolute Gasteiger partial charge is 0.311 e. The molecular weight excluding hydrogens is 250 g/mol. The molecule has 4 heteroatoms. The van der Waals surface area contributed by atoms with Gasteiger partial charge in [0.05, 0.1) is 11.3 Å². The molecule has 0 saturated heterocycles. The van der Waals surface area contributed by atoms with Gasteiger partial charge in [0.25, 0.3) is 5.91 Å². The van der Waals surface area contributed by atoms with Crippen molar-refractivity contribution in [1.82, 2.24) is 9.38 Å². The van der Waals surface area contributed by atoms with E-state index in [1.807, 2.05) is 66.2 Å². The van der Waals surface area contributed by atoms with Gasteiger partial charge in [-0.1, -0.05) is 18.2 Å². The number of nitrogens with zero attached hydrogens (tertiary/aromatic N) is 3. The maximum atomic E-state index is 12.5. The Bertz CT molecular complexity index is 762. The van der Waals surface area contributed by atoms with Crippen LogP contribution in [0, 0.1) is 6.92 Å². The minimum absolute atomic E-state index is 0.0375. The van der Waals surface area contributed by atoms with E-state index in [0.717, 1.165) is 17.0 Å². The van der Waals surface area contributed by atoms with E-state index in [0.29, 0.717) is 5.56 Å². The zero-order valence-electron chi connectivity index (χ0n) is 11.4. The Morgan fingerprint density at radius 3 is 2.60 bits per heavy atom. The molecule has 0 spiro atoms. The minimum Gasteiger partial charge on any atom is -0.311 e. The number of fused-ring (bicyclic) bond motifs is 1. The van der Waals surface area contributed by atoms with Crippen LogP contribution in [0.5, 0.6) is 0 Å². The molecule has 0 N–H and O–H groups in total. The fourth-order valence-corrected chi connectivity index (χ4v) is 2.21. The summed E-state index contributed by atoms with van der Waals surface area (Å²) < 4.78 is 1.88. The molecule has 0 bridgehead atoms. The van der Waals surface area contributed by atoms with E-state index < -0.39 is 0 Å². The van der Waals surface area contributed by atoms with E-state index in [2.05, 4.69) is 4.98 Å². The SMILES string of the molecule is Cc1cn2cc(C(=O)N(C)c3ccccc3)ccc2n1. The molecule has 1 amide bonds. The number of para-hydroxylation sites is 1. The maximum Gasteiger partial charge on any atom is 0.259 e. The summed E-state index contributed by atoms with van der Waals surface area (Å²) in [4.78, 5) is 18.5. The average molecular weight is 265 g/mol. The van der Waals surface area contributed by atoms with Crippen molar-refractivity contribution in [3.8, 4) is 0 Å². The predicted octanol–water partition coefficient (Wildman–Crippen LogP) is 2.92. The van der Waals surface area contributed by atoms with Crippen LogP contribution in [0.3, 0.4) is 0 Å². The third kappa shape index (κ3) is 2.16. The zero-order valence-corrected chi connectivity index (χ0v) is 11.4.